The van der Waals surface area contributed by atoms with Crippen LogP contribution in [0, 0.1) is 5.82 Å². The molecular weight excluding hydrogens is 273 g/mol. The fourth-order valence-corrected chi connectivity index (χ4v) is 1.63. The van der Waals surface area contributed by atoms with E-state index in [9.17, 15) is 19.1 Å². The lowest BCUT2D eigenvalue weighted by Gasteiger charge is -2.03. The number of hydrogen-bond donors (Lipinski definition) is 2. The number of amides is 2. The normalized spacial score (nSPS) is 10.5. The number of imide groups is 1. The zero-order chi connectivity index (χ0) is 15.2. The Morgan fingerprint density at radius 1 is 1.05 bits per heavy atom. The van der Waals surface area contributed by atoms with Gasteiger partial charge in [-0.3, -0.25) is 14.9 Å². The van der Waals surface area contributed by atoms with Crippen molar-refractivity contribution in [3.63, 3.8) is 0 Å². The summed E-state index contributed by atoms with van der Waals surface area (Å²) in [4.78, 5) is 23.4. The molecule has 0 radical (unpaired) electrons. The SMILES string of the molecule is O=C(C=Cc1ccc(F)cc1)NC(=O)c1ccccc1O. The number of phenolic OH excluding ortho intramolecular Hbond substituents is 1. The molecule has 2 aromatic carbocycles. The number of nitrogens with one attached hydrogen (secondary N) is 1. The van der Waals surface area contributed by atoms with Gasteiger partial charge in [0.2, 0.25) is 0 Å². The van der Waals surface area contributed by atoms with E-state index in [1.807, 2.05) is 0 Å². The average Bonchev–Trinajstić information content (AvgIpc) is 2.47. The first-order chi connectivity index (χ1) is 10.1. The summed E-state index contributed by atoms with van der Waals surface area (Å²) >= 11 is 0. The van der Waals surface area contributed by atoms with Crippen LogP contribution in [-0.2, 0) is 4.79 Å². The maximum absolute atomic E-state index is 12.7. The van der Waals surface area contributed by atoms with Crippen molar-refractivity contribution in [2.75, 3.05) is 0 Å². The molecule has 106 valence electrons. The number of aromatic hydroxyl groups is 1. The van der Waals surface area contributed by atoms with Crippen molar-refractivity contribution < 1.29 is 19.1 Å². The van der Waals surface area contributed by atoms with Gasteiger partial charge in [-0.05, 0) is 35.9 Å². The number of phenols is 1. The minimum atomic E-state index is -0.693. The van der Waals surface area contributed by atoms with E-state index in [1.54, 1.807) is 12.1 Å². The molecule has 2 amide bonds. The number of benzene rings is 2. The van der Waals surface area contributed by atoms with Crippen molar-refractivity contribution >= 4 is 17.9 Å². The molecule has 0 saturated heterocycles. The van der Waals surface area contributed by atoms with Gasteiger partial charge in [0.05, 0.1) is 5.56 Å². The first-order valence-corrected chi connectivity index (χ1v) is 6.13. The van der Waals surface area contributed by atoms with E-state index < -0.39 is 11.8 Å². The van der Waals surface area contributed by atoms with E-state index in [2.05, 4.69) is 5.32 Å². The van der Waals surface area contributed by atoms with Crippen molar-refractivity contribution in [1.29, 1.82) is 0 Å². The second-order valence-electron chi connectivity index (χ2n) is 4.22. The van der Waals surface area contributed by atoms with Gasteiger partial charge < -0.3 is 5.11 Å². The second-order valence-corrected chi connectivity index (χ2v) is 4.22. The molecule has 0 aromatic heterocycles. The van der Waals surface area contributed by atoms with Gasteiger partial charge in [-0.15, -0.1) is 0 Å². The van der Waals surface area contributed by atoms with Gasteiger partial charge in [0.1, 0.15) is 11.6 Å². The minimum Gasteiger partial charge on any atom is -0.507 e. The van der Waals surface area contributed by atoms with E-state index in [1.165, 1.54) is 42.5 Å². The van der Waals surface area contributed by atoms with E-state index in [4.69, 9.17) is 0 Å². The predicted octanol–water partition coefficient (Wildman–Crippen LogP) is 2.50. The number of rotatable bonds is 3. The lowest BCUT2D eigenvalue weighted by Crippen LogP contribution is -2.28. The monoisotopic (exact) mass is 285 g/mol. The molecule has 21 heavy (non-hydrogen) atoms. The van der Waals surface area contributed by atoms with Gasteiger partial charge in [-0.2, -0.15) is 0 Å². The molecule has 0 saturated carbocycles. The summed E-state index contributed by atoms with van der Waals surface area (Å²) < 4.78 is 12.7. The van der Waals surface area contributed by atoms with Crippen LogP contribution in [0.25, 0.3) is 6.08 Å². The third-order valence-corrected chi connectivity index (χ3v) is 2.68. The van der Waals surface area contributed by atoms with Crippen molar-refractivity contribution in [2.45, 2.75) is 0 Å². The predicted molar refractivity (Wildman–Crippen MR) is 76.0 cm³/mol. The summed E-state index contributed by atoms with van der Waals surface area (Å²) in [5, 5.41) is 11.6. The third-order valence-electron chi connectivity index (χ3n) is 2.68. The molecule has 0 aliphatic rings. The third kappa shape index (κ3) is 4.01. The lowest BCUT2D eigenvalue weighted by molar-refractivity contribution is -0.115. The van der Waals surface area contributed by atoms with Gasteiger partial charge in [0.25, 0.3) is 11.8 Å². The van der Waals surface area contributed by atoms with E-state index in [0.717, 1.165) is 6.08 Å². The van der Waals surface area contributed by atoms with Crippen molar-refractivity contribution in [2.24, 2.45) is 0 Å². The number of carbonyl (C=O) groups excluding carboxylic acids is 2. The molecule has 5 heteroatoms. The first kappa shape index (κ1) is 14.5. The molecule has 0 spiro atoms. The Bertz CT molecular complexity index is 693. The lowest BCUT2D eigenvalue weighted by atomic mass is 10.2. The first-order valence-electron chi connectivity index (χ1n) is 6.13. The van der Waals surface area contributed by atoms with Crippen LogP contribution in [-0.4, -0.2) is 16.9 Å². The number of hydrogen-bond acceptors (Lipinski definition) is 3. The van der Waals surface area contributed by atoms with Crippen LogP contribution in [0.4, 0.5) is 4.39 Å². The molecule has 2 rings (SSSR count). The van der Waals surface area contributed by atoms with E-state index in [-0.39, 0.29) is 17.1 Å². The van der Waals surface area contributed by atoms with Gasteiger partial charge in [-0.1, -0.05) is 24.3 Å². The molecule has 4 nitrogen and oxygen atoms in total. The Hall–Kier alpha value is -2.95. The Balaban J connectivity index is 2.00. The van der Waals surface area contributed by atoms with Crippen LogP contribution >= 0.6 is 0 Å². The van der Waals surface area contributed by atoms with E-state index >= 15 is 0 Å². The Morgan fingerprint density at radius 3 is 2.38 bits per heavy atom. The molecular formula is C16H12FNO3. The highest BCUT2D eigenvalue weighted by atomic mass is 19.1. The van der Waals surface area contributed by atoms with Crippen molar-refractivity contribution in [3.05, 3.63) is 71.6 Å². The topological polar surface area (TPSA) is 66.4 Å². The van der Waals surface area contributed by atoms with Crippen LogP contribution in [0.3, 0.4) is 0 Å². The van der Waals surface area contributed by atoms with Crippen molar-refractivity contribution in [1.82, 2.24) is 5.32 Å². The molecule has 2 N–H and O–H groups in total. The molecule has 0 aliphatic carbocycles. The zero-order valence-electron chi connectivity index (χ0n) is 10.9. The fraction of sp³-hybridized carbons (Fsp3) is 0. The highest BCUT2D eigenvalue weighted by Gasteiger charge is 2.11. The van der Waals surface area contributed by atoms with Crippen LogP contribution in [0.5, 0.6) is 5.75 Å². The van der Waals surface area contributed by atoms with Crippen LogP contribution < -0.4 is 5.32 Å². The summed E-state index contributed by atoms with van der Waals surface area (Å²) in [5.41, 5.74) is 0.641. The summed E-state index contributed by atoms with van der Waals surface area (Å²) in [5.74, 6) is -1.90. The highest BCUT2D eigenvalue weighted by molar-refractivity contribution is 6.10. The smallest absolute Gasteiger partial charge is 0.261 e. The molecule has 0 unspecified atom stereocenters. The Labute approximate surface area is 120 Å². The molecule has 0 bridgehead atoms. The maximum Gasteiger partial charge on any atom is 0.261 e. The summed E-state index contributed by atoms with van der Waals surface area (Å²) in [6.07, 6.45) is 2.61. The highest BCUT2D eigenvalue weighted by Crippen LogP contribution is 2.14. The standard InChI is InChI=1S/C16H12FNO3/c17-12-8-5-11(6-9-12)7-10-15(20)18-16(21)13-3-1-2-4-14(13)19/h1-10,19H,(H,18,20,21). The average molecular weight is 285 g/mol. The second kappa shape index (κ2) is 6.47. The minimum absolute atomic E-state index is 0.0148. The largest absolute Gasteiger partial charge is 0.507 e. The number of carbonyl (C=O) groups is 2. The molecule has 0 aliphatic heterocycles. The van der Waals surface area contributed by atoms with E-state index in [0.29, 0.717) is 5.56 Å². The van der Waals surface area contributed by atoms with Crippen LogP contribution in [0.15, 0.2) is 54.6 Å². The van der Waals surface area contributed by atoms with Crippen LogP contribution in [0.1, 0.15) is 15.9 Å². The summed E-state index contributed by atoms with van der Waals surface area (Å²) in [6, 6.07) is 11.5. The molecule has 0 atom stereocenters. The van der Waals surface area contributed by atoms with Crippen LogP contribution in [0.2, 0.25) is 0 Å². The Morgan fingerprint density at radius 2 is 1.71 bits per heavy atom. The maximum atomic E-state index is 12.7. The van der Waals surface area contributed by atoms with Gasteiger partial charge in [0, 0.05) is 6.08 Å². The zero-order valence-corrected chi connectivity index (χ0v) is 10.9. The summed E-state index contributed by atoms with van der Waals surface area (Å²) in [6.45, 7) is 0. The molecule has 2 aromatic rings. The summed E-state index contributed by atoms with van der Waals surface area (Å²) in [7, 11) is 0. The quantitative estimate of drug-likeness (QED) is 0.851. The van der Waals surface area contributed by atoms with Crippen molar-refractivity contribution in [3.8, 4) is 5.75 Å². The fourth-order valence-electron chi connectivity index (χ4n) is 1.63. The van der Waals surface area contributed by atoms with Gasteiger partial charge >= 0.3 is 0 Å². The number of halogens is 1. The molecule has 0 heterocycles. The van der Waals surface area contributed by atoms with Gasteiger partial charge in [0.15, 0.2) is 0 Å². The molecule has 0 fully saturated rings. The number of para-hydroxylation sites is 1. The van der Waals surface area contributed by atoms with Gasteiger partial charge in [-0.25, -0.2) is 4.39 Å². The Kier molecular flexibility index (Phi) is 4.46.